The van der Waals surface area contributed by atoms with Crippen molar-refractivity contribution in [1.82, 2.24) is 14.8 Å². The minimum Gasteiger partial charge on any atom is -0.379 e. The monoisotopic (exact) mass is 387 g/mol. The minimum absolute atomic E-state index is 0.0153. The molecule has 26 heavy (non-hydrogen) atoms. The summed E-state index contributed by atoms with van der Waals surface area (Å²) in [6.45, 7) is 3.89. The normalized spacial score (nSPS) is 16.5. The molecule has 1 N–H and O–H groups in total. The highest BCUT2D eigenvalue weighted by Crippen LogP contribution is 2.26. The van der Waals surface area contributed by atoms with Crippen molar-refractivity contribution in [2.75, 3.05) is 32.8 Å². The van der Waals surface area contributed by atoms with Gasteiger partial charge in [-0.3, -0.25) is 9.69 Å². The summed E-state index contributed by atoms with van der Waals surface area (Å²) in [5, 5.41) is 7.21. The van der Waals surface area contributed by atoms with E-state index in [2.05, 4.69) is 27.7 Å². The van der Waals surface area contributed by atoms with E-state index in [-0.39, 0.29) is 11.9 Å². The van der Waals surface area contributed by atoms with Crippen LogP contribution < -0.4 is 5.32 Å². The van der Waals surface area contributed by atoms with E-state index < -0.39 is 0 Å². The van der Waals surface area contributed by atoms with E-state index >= 15 is 0 Å². The second kappa shape index (κ2) is 8.18. The molecule has 136 valence electrons. The fraction of sp³-hybridized carbons (Fsp3) is 0.316. The quantitative estimate of drug-likeness (QED) is 0.705. The van der Waals surface area contributed by atoms with Gasteiger partial charge in [-0.1, -0.05) is 6.07 Å². The average Bonchev–Trinajstić information content (AvgIpc) is 3.43. The van der Waals surface area contributed by atoms with Crippen LogP contribution >= 0.6 is 22.7 Å². The maximum absolute atomic E-state index is 12.8. The Labute approximate surface area is 160 Å². The van der Waals surface area contributed by atoms with Gasteiger partial charge < -0.3 is 14.6 Å². The number of ether oxygens (including phenoxy) is 1. The van der Waals surface area contributed by atoms with Crippen LogP contribution in [0, 0.1) is 0 Å². The van der Waals surface area contributed by atoms with E-state index in [0.29, 0.717) is 6.54 Å². The molecule has 0 unspecified atom stereocenters. The Morgan fingerprint density at radius 2 is 1.92 bits per heavy atom. The summed E-state index contributed by atoms with van der Waals surface area (Å²) in [5.74, 6) is -0.0153. The largest absolute Gasteiger partial charge is 0.379 e. The van der Waals surface area contributed by atoms with Gasteiger partial charge in [-0.2, -0.15) is 0 Å². The smallest absolute Gasteiger partial charge is 0.263 e. The lowest BCUT2D eigenvalue weighted by molar-refractivity contribution is 0.0169. The Bertz CT molecular complexity index is 821. The Morgan fingerprint density at radius 1 is 1.12 bits per heavy atom. The number of nitrogens with zero attached hydrogens (tertiary/aromatic N) is 2. The van der Waals surface area contributed by atoms with Crippen LogP contribution in [0.3, 0.4) is 0 Å². The van der Waals surface area contributed by atoms with Crippen LogP contribution in [0.2, 0.25) is 0 Å². The van der Waals surface area contributed by atoms with Gasteiger partial charge in [-0.15, -0.1) is 22.7 Å². The van der Waals surface area contributed by atoms with Crippen molar-refractivity contribution in [3.8, 4) is 5.69 Å². The number of morpholine rings is 1. The van der Waals surface area contributed by atoms with Crippen LogP contribution in [-0.2, 0) is 4.74 Å². The average molecular weight is 388 g/mol. The van der Waals surface area contributed by atoms with Crippen molar-refractivity contribution in [2.24, 2.45) is 0 Å². The molecule has 1 atom stereocenters. The molecule has 4 heterocycles. The summed E-state index contributed by atoms with van der Waals surface area (Å²) in [4.78, 5) is 17.2. The fourth-order valence-corrected chi connectivity index (χ4v) is 4.89. The molecular formula is C19H21N3O2S2. The van der Waals surface area contributed by atoms with Gasteiger partial charge in [0.05, 0.1) is 24.9 Å². The molecule has 1 saturated heterocycles. The van der Waals surface area contributed by atoms with Crippen molar-refractivity contribution in [2.45, 2.75) is 6.04 Å². The second-order valence-corrected chi connectivity index (χ2v) is 8.01. The molecule has 0 spiro atoms. The maximum Gasteiger partial charge on any atom is 0.263 e. The van der Waals surface area contributed by atoms with Crippen LogP contribution in [0.25, 0.3) is 5.69 Å². The van der Waals surface area contributed by atoms with Gasteiger partial charge in [0.1, 0.15) is 4.88 Å². The number of nitrogens with one attached hydrogen (secondary N) is 1. The first-order chi connectivity index (χ1) is 12.8. The van der Waals surface area contributed by atoms with E-state index in [1.165, 1.54) is 16.2 Å². The molecule has 0 aliphatic carbocycles. The number of hydrogen-bond acceptors (Lipinski definition) is 5. The lowest BCUT2D eigenvalue weighted by Crippen LogP contribution is -2.43. The molecule has 1 aliphatic rings. The standard InChI is InChI=1S/C19H21N3O2S2/c23-19(18-15(5-13-26-18)21-6-1-2-7-21)20-14-16(17-4-3-12-25-17)22-8-10-24-11-9-22/h1-7,12-13,16H,8-11,14H2,(H,20,23)/t16-/m0/s1. The van der Waals surface area contributed by atoms with Gasteiger partial charge in [0.15, 0.2) is 0 Å². The molecule has 5 nitrogen and oxygen atoms in total. The molecule has 3 aromatic heterocycles. The van der Waals surface area contributed by atoms with Crippen molar-refractivity contribution >= 4 is 28.6 Å². The highest BCUT2D eigenvalue weighted by Gasteiger charge is 2.24. The molecule has 4 rings (SSSR count). The van der Waals surface area contributed by atoms with Crippen molar-refractivity contribution in [3.05, 3.63) is 63.2 Å². The maximum atomic E-state index is 12.8. The summed E-state index contributed by atoms with van der Waals surface area (Å²) >= 11 is 3.22. The molecule has 0 bridgehead atoms. The van der Waals surface area contributed by atoms with Gasteiger partial charge in [-0.25, -0.2) is 0 Å². The first-order valence-corrected chi connectivity index (χ1v) is 10.4. The summed E-state index contributed by atoms with van der Waals surface area (Å²) < 4.78 is 7.46. The van der Waals surface area contributed by atoms with E-state index in [0.717, 1.165) is 36.9 Å². The number of amides is 1. The highest BCUT2D eigenvalue weighted by molar-refractivity contribution is 7.12. The molecule has 1 fully saturated rings. The van der Waals surface area contributed by atoms with Crippen LogP contribution in [-0.4, -0.2) is 48.2 Å². The molecule has 1 amide bonds. The van der Waals surface area contributed by atoms with E-state index in [4.69, 9.17) is 4.74 Å². The topological polar surface area (TPSA) is 46.5 Å². The zero-order valence-corrected chi connectivity index (χ0v) is 16.0. The third-order valence-electron chi connectivity index (χ3n) is 4.55. The predicted molar refractivity (Wildman–Crippen MR) is 105 cm³/mol. The third-order valence-corrected chi connectivity index (χ3v) is 6.42. The third kappa shape index (κ3) is 3.76. The van der Waals surface area contributed by atoms with Crippen LogP contribution in [0.1, 0.15) is 20.6 Å². The molecule has 3 aromatic rings. The molecule has 0 radical (unpaired) electrons. The molecule has 0 saturated carbocycles. The first-order valence-electron chi connectivity index (χ1n) is 8.67. The van der Waals surface area contributed by atoms with Crippen molar-refractivity contribution in [1.29, 1.82) is 0 Å². The van der Waals surface area contributed by atoms with E-state index in [1.807, 2.05) is 40.5 Å². The Morgan fingerprint density at radius 3 is 2.65 bits per heavy atom. The lowest BCUT2D eigenvalue weighted by atomic mass is 10.2. The Hall–Kier alpha value is -1.93. The minimum atomic E-state index is -0.0153. The first kappa shape index (κ1) is 17.5. The second-order valence-electron chi connectivity index (χ2n) is 6.11. The zero-order chi connectivity index (χ0) is 17.8. The fourth-order valence-electron chi connectivity index (χ4n) is 3.22. The van der Waals surface area contributed by atoms with E-state index in [1.54, 1.807) is 11.3 Å². The molecule has 0 aromatic carbocycles. The Kier molecular flexibility index (Phi) is 5.50. The van der Waals surface area contributed by atoms with Gasteiger partial charge in [0.2, 0.25) is 0 Å². The predicted octanol–water partition coefficient (Wildman–Crippen LogP) is 3.40. The summed E-state index contributed by atoms with van der Waals surface area (Å²) in [7, 11) is 0. The van der Waals surface area contributed by atoms with Gasteiger partial charge in [0.25, 0.3) is 5.91 Å². The number of hydrogen-bond donors (Lipinski definition) is 1. The molecular weight excluding hydrogens is 366 g/mol. The van der Waals surface area contributed by atoms with Gasteiger partial charge in [0, 0.05) is 36.9 Å². The summed E-state index contributed by atoms with van der Waals surface area (Å²) in [5.41, 5.74) is 0.927. The van der Waals surface area contributed by atoms with Crippen LogP contribution in [0.15, 0.2) is 53.5 Å². The van der Waals surface area contributed by atoms with Gasteiger partial charge >= 0.3 is 0 Å². The number of aromatic nitrogens is 1. The summed E-state index contributed by atoms with van der Waals surface area (Å²) in [6, 6.07) is 10.3. The zero-order valence-electron chi connectivity index (χ0n) is 14.3. The molecule has 7 heteroatoms. The number of carbonyl (C=O) groups is 1. The lowest BCUT2D eigenvalue weighted by Gasteiger charge is -2.34. The number of rotatable bonds is 6. The van der Waals surface area contributed by atoms with Crippen LogP contribution in [0.4, 0.5) is 0 Å². The SMILES string of the molecule is O=C(NC[C@@H](c1cccs1)N1CCOCC1)c1sccc1-n1cccc1. The molecule has 1 aliphatic heterocycles. The van der Waals surface area contributed by atoms with Gasteiger partial charge in [-0.05, 0) is 35.0 Å². The summed E-state index contributed by atoms with van der Waals surface area (Å²) in [6.07, 6.45) is 3.92. The highest BCUT2D eigenvalue weighted by atomic mass is 32.1. The Balaban J connectivity index is 1.48. The van der Waals surface area contributed by atoms with Crippen molar-refractivity contribution in [3.63, 3.8) is 0 Å². The number of thiophene rings is 2. The van der Waals surface area contributed by atoms with Crippen molar-refractivity contribution < 1.29 is 9.53 Å². The number of carbonyl (C=O) groups excluding carboxylic acids is 1. The van der Waals surface area contributed by atoms with E-state index in [9.17, 15) is 4.79 Å². The van der Waals surface area contributed by atoms with Crippen LogP contribution in [0.5, 0.6) is 0 Å².